The number of halogens is 3. The zero-order valence-electron chi connectivity index (χ0n) is 20.2. The van der Waals surface area contributed by atoms with Gasteiger partial charge >= 0.3 is 0 Å². The van der Waals surface area contributed by atoms with Gasteiger partial charge in [0.2, 0.25) is 0 Å². The number of alkyl halides is 2. The van der Waals surface area contributed by atoms with Crippen LogP contribution in [0.5, 0.6) is 0 Å². The lowest BCUT2D eigenvalue weighted by molar-refractivity contribution is 0.0364. The van der Waals surface area contributed by atoms with Gasteiger partial charge in [-0.1, -0.05) is 60.7 Å². The van der Waals surface area contributed by atoms with Crippen molar-refractivity contribution in [3.8, 4) is 0 Å². The van der Waals surface area contributed by atoms with Crippen LogP contribution >= 0.6 is 0 Å². The summed E-state index contributed by atoms with van der Waals surface area (Å²) in [6.45, 7) is 3.63. The third kappa shape index (κ3) is 4.95. The molecule has 1 heterocycles. The number of allylic oxidation sites excluding steroid dienone is 1. The van der Waals surface area contributed by atoms with Gasteiger partial charge in [0.1, 0.15) is 12.0 Å². The highest BCUT2D eigenvalue weighted by Gasteiger charge is 2.34. The van der Waals surface area contributed by atoms with E-state index in [0.717, 1.165) is 47.1 Å². The van der Waals surface area contributed by atoms with Crippen molar-refractivity contribution < 1.29 is 13.2 Å². The van der Waals surface area contributed by atoms with Gasteiger partial charge in [-0.05, 0) is 77.6 Å². The molecule has 1 fully saturated rings. The number of benzene rings is 3. The molecule has 1 aliphatic carbocycles. The summed E-state index contributed by atoms with van der Waals surface area (Å²) in [7, 11) is 0. The Morgan fingerprint density at radius 2 is 1.71 bits per heavy atom. The summed E-state index contributed by atoms with van der Waals surface area (Å²) in [5.74, 6) is -0.241. The number of hydrogen-bond acceptors (Lipinski definition) is 1. The summed E-state index contributed by atoms with van der Waals surface area (Å²) in [5.41, 5.74) is 7.67. The van der Waals surface area contributed by atoms with Crippen LogP contribution < -0.4 is 0 Å². The molecule has 0 saturated carbocycles. The smallest absolute Gasteiger partial charge is 0.130 e. The summed E-state index contributed by atoms with van der Waals surface area (Å²) in [5, 5.41) is 0. The molecule has 0 spiro atoms. The lowest BCUT2D eigenvalue weighted by Crippen LogP contribution is -2.48. The van der Waals surface area contributed by atoms with Crippen LogP contribution in [0.25, 0.3) is 11.1 Å². The fraction of sp³-hybridized carbons (Fsp3) is 0.355. The van der Waals surface area contributed by atoms with Gasteiger partial charge in [0.05, 0.1) is 6.67 Å². The van der Waals surface area contributed by atoms with Gasteiger partial charge in [0.25, 0.3) is 0 Å². The Morgan fingerprint density at radius 3 is 2.46 bits per heavy atom. The Bertz CT molecular complexity index is 1210. The van der Waals surface area contributed by atoms with Crippen LogP contribution in [0.3, 0.4) is 0 Å². The predicted octanol–water partition coefficient (Wildman–Crippen LogP) is 7.73. The van der Waals surface area contributed by atoms with Gasteiger partial charge in [-0.15, -0.1) is 0 Å². The van der Waals surface area contributed by atoms with E-state index in [9.17, 15) is 4.39 Å². The normalized spacial score (nSPS) is 17.6. The monoisotopic (exact) mass is 475 g/mol. The Balaban J connectivity index is 1.49. The third-order valence-electron chi connectivity index (χ3n) is 7.44. The van der Waals surface area contributed by atoms with E-state index in [1.807, 2.05) is 49.4 Å². The lowest BCUT2D eigenvalue weighted by Gasteiger charge is -2.41. The van der Waals surface area contributed by atoms with Gasteiger partial charge < -0.3 is 4.90 Å². The molecule has 2 aliphatic rings. The Labute approximate surface area is 206 Å². The number of aryl methyl sites for hydroxylation is 2. The van der Waals surface area contributed by atoms with Crippen molar-refractivity contribution in [2.45, 2.75) is 38.8 Å². The lowest BCUT2D eigenvalue weighted by atomic mass is 9.85. The quantitative estimate of drug-likeness (QED) is 0.338. The van der Waals surface area contributed by atoms with Gasteiger partial charge in [0.15, 0.2) is 0 Å². The van der Waals surface area contributed by atoms with Crippen molar-refractivity contribution in [2.75, 3.05) is 26.3 Å². The van der Waals surface area contributed by atoms with E-state index in [-0.39, 0.29) is 18.4 Å². The number of nitrogens with zero attached hydrogens (tertiary/aromatic N) is 1. The first-order valence-corrected chi connectivity index (χ1v) is 12.7. The molecule has 1 aliphatic heterocycles. The molecule has 1 nitrogen and oxygen atoms in total. The summed E-state index contributed by atoms with van der Waals surface area (Å²) in [4.78, 5) is 2.11. The molecule has 0 aromatic heterocycles. The highest BCUT2D eigenvalue weighted by atomic mass is 19.1. The fourth-order valence-electron chi connectivity index (χ4n) is 5.56. The number of likely N-dealkylation sites (tertiary alicyclic amines) is 1. The molecule has 182 valence electrons. The standard InChI is InChI=1S/C31H32F3N/c1-21-10-15-27(29(33)18-21)28-9-4-7-22-6-2-3-8-26(22)30(28)23-11-13-24(14-12-23)31(34)25-19-35(20-25)17-5-16-32/h2-3,6,8,10-15,18,25,31H,4-5,7,9,16-17,19-20H2,1H3. The third-order valence-corrected chi connectivity index (χ3v) is 7.44. The van der Waals surface area contributed by atoms with Crippen LogP contribution in [0.1, 0.15) is 58.8 Å². The highest BCUT2D eigenvalue weighted by Crippen LogP contribution is 2.41. The zero-order chi connectivity index (χ0) is 24.4. The highest BCUT2D eigenvalue weighted by molar-refractivity contribution is 6.00. The van der Waals surface area contributed by atoms with E-state index >= 15 is 8.78 Å². The largest absolute Gasteiger partial charge is 0.302 e. The van der Waals surface area contributed by atoms with Crippen LogP contribution in [-0.4, -0.2) is 31.2 Å². The molecule has 0 N–H and O–H groups in total. The van der Waals surface area contributed by atoms with Crippen molar-refractivity contribution in [3.05, 3.63) is 106 Å². The number of fused-ring (bicyclic) bond motifs is 1. The van der Waals surface area contributed by atoms with Crippen molar-refractivity contribution in [1.82, 2.24) is 4.90 Å². The molecule has 1 saturated heterocycles. The van der Waals surface area contributed by atoms with Crippen molar-refractivity contribution in [2.24, 2.45) is 5.92 Å². The minimum Gasteiger partial charge on any atom is -0.302 e. The summed E-state index contributed by atoms with van der Waals surface area (Å²) in [6.07, 6.45) is 2.17. The van der Waals surface area contributed by atoms with Crippen LogP contribution in [-0.2, 0) is 6.42 Å². The summed E-state index contributed by atoms with van der Waals surface area (Å²) >= 11 is 0. The average Bonchev–Trinajstić information content (AvgIpc) is 3.03. The van der Waals surface area contributed by atoms with Gasteiger partial charge in [-0.25, -0.2) is 8.78 Å². The Morgan fingerprint density at radius 1 is 0.943 bits per heavy atom. The first-order chi connectivity index (χ1) is 17.0. The van der Waals surface area contributed by atoms with E-state index in [1.165, 1.54) is 5.56 Å². The average molecular weight is 476 g/mol. The molecule has 1 unspecified atom stereocenters. The van der Waals surface area contributed by atoms with E-state index in [1.54, 1.807) is 6.07 Å². The topological polar surface area (TPSA) is 3.24 Å². The van der Waals surface area contributed by atoms with E-state index in [2.05, 4.69) is 23.1 Å². The minimum absolute atomic E-state index is 0.0458. The first kappa shape index (κ1) is 23.9. The Kier molecular flexibility index (Phi) is 7.10. The van der Waals surface area contributed by atoms with Crippen LogP contribution in [0, 0.1) is 18.7 Å². The molecule has 35 heavy (non-hydrogen) atoms. The molecule has 1 atom stereocenters. The molecule has 0 radical (unpaired) electrons. The first-order valence-electron chi connectivity index (χ1n) is 12.7. The fourth-order valence-corrected chi connectivity index (χ4v) is 5.56. The van der Waals surface area contributed by atoms with Crippen LogP contribution in [0.2, 0.25) is 0 Å². The van der Waals surface area contributed by atoms with Gasteiger partial charge in [-0.3, -0.25) is 4.39 Å². The number of rotatable bonds is 7. The maximum atomic E-state index is 15.2. The molecule has 5 rings (SSSR count). The molecular formula is C31H32F3N. The summed E-state index contributed by atoms with van der Waals surface area (Å²) in [6, 6.07) is 21.6. The van der Waals surface area contributed by atoms with E-state index in [4.69, 9.17) is 0 Å². The maximum Gasteiger partial charge on any atom is 0.130 e. The minimum atomic E-state index is -1.03. The van der Waals surface area contributed by atoms with Crippen molar-refractivity contribution in [1.29, 1.82) is 0 Å². The summed E-state index contributed by atoms with van der Waals surface area (Å²) < 4.78 is 42.8. The second kappa shape index (κ2) is 10.4. The van der Waals surface area contributed by atoms with Crippen LogP contribution in [0.15, 0.2) is 66.7 Å². The molecule has 3 aromatic carbocycles. The van der Waals surface area contributed by atoms with Gasteiger partial charge in [0, 0.05) is 31.1 Å². The molecular weight excluding hydrogens is 443 g/mol. The van der Waals surface area contributed by atoms with Crippen molar-refractivity contribution >= 4 is 11.1 Å². The van der Waals surface area contributed by atoms with Crippen LogP contribution in [0.4, 0.5) is 13.2 Å². The molecule has 3 aromatic rings. The van der Waals surface area contributed by atoms with E-state index < -0.39 is 6.17 Å². The second-order valence-corrected chi connectivity index (χ2v) is 9.93. The molecule has 0 bridgehead atoms. The maximum absolute atomic E-state index is 15.2. The van der Waals surface area contributed by atoms with Gasteiger partial charge in [-0.2, -0.15) is 0 Å². The predicted molar refractivity (Wildman–Crippen MR) is 137 cm³/mol. The zero-order valence-corrected chi connectivity index (χ0v) is 20.2. The van der Waals surface area contributed by atoms with Crippen molar-refractivity contribution in [3.63, 3.8) is 0 Å². The Hall–Kier alpha value is -2.85. The van der Waals surface area contributed by atoms with E-state index in [0.29, 0.717) is 37.2 Å². The molecule has 4 heteroatoms. The molecule has 0 amide bonds. The second-order valence-electron chi connectivity index (χ2n) is 9.93. The number of hydrogen-bond donors (Lipinski definition) is 0. The SMILES string of the molecule is Cc1ccc(C2=C(c3ccc(C(F)C4CN(CCCF)C4)cc3)c3ccccc3CCC2)c(F)c1.